The van der Waals surface area contributed by atoms with Crippen molar-refractivity contribution in [3.63, 3.8) is 0 Å². The Labute approximate surface area is 128 Å². The SMILES string of the molecule is CCN1CCC(N(C)CC(=O)NCc2cccc(C)c2)C1. The zero-order valence-corrected chi connectivity index (χ0v) is 13.4. The van der Waals surface area contributed by atoms with E-state index in [1.54, 1.807) is 0 Å². The van der Waals surface area contributed by atoms with Crippen molar-refractivity contribution in [2.75, 3.05) is 33.2 Å². The van der Waals surface area contributed by atoms with Gasteiger partial charge in [0.15, 0.2) is 0 Å². The van der Waals surface area contributed by atoms with Gasteiger partial charge in [0.2, 0.25) is 5.91 Å². The van der Waals surface area contributed by atoms with Gasteiger partial charge in [0.25, 0.3) is 0 Å². The molecule has 0 aromatic heterocycles. The van der Waals surface area contributed by atoms with Crippen LogP contribution in [0.5, 0.6) is 0 Å². The first-order valence-corrected chi connectivity index (χ1v) is 7.83. The maximum atomic E-state index is 12.1. The molecule has 1 N–H and O–H groups in total. The van der Waals surface area contributed by atoms with Gasteiger partial charge >= 0.3 is 0 Å². The molecule has 1 unspecified atom stereocenters. The molecule has 1 amide bonds. The Kier molecular flexibility index (Phi) is 5.76. The summed E-state index contributed by atoms with van der Waals surface area (Å²) in [5, 5.41) is 3.01. The fourth-order valence-corrected chi connectivity index (χ4v) is 2.89. The molecule has 1 saturated heterocycles. The molecule has 1 heterocycles. The largest absolute Gasteiger partial charge is 0.351 e. The Balaban J connectivity index is 1.74. The van der Waals surface area contributed by atoms with Gasteiger partial charge in [0.1, 0.15) is 0 Å². The highest BCUT2D eigenvalue weighted by Crippen LogP contribution is 2.13. The van der Waals surface area contributed by atoms with Gasteiger partial charge in [-0.05, 0) is 39.0 Å². The van der Waals surface area contributed by atoms with Crippen molar-refractivity contribution in [2.45, 2.75) is 32.9 Å². The number of hydrogen-bond acceptors (Lipinski definition) is 3. The Morgan fingerprint density at radius 2 is 2.29 bits per heavy atom. The number of amides is 1. The van der Waals surface area contributed by atoms with Gasteiger partial charge in [-0.25, -0.2) is 0 Å². The highest BCUT2D eigenvalue weighted by molar-refractivity contribution is 5.78. The van der Waals surface area contributed by atoms with Crippen molar-refractivity contribution in [3.05, 3.63) is 35.4 Å². The average Bonchev–Trinajstić information content (AvgIpc) is 2.94. The van der Waals surface area contributed by atoms with E-state index in [1.165, 1.54) is 5.56 Å². The van der Waals surface area contributed by atoms with Crippen molar-refractivity contribution in [1.29, 1.82) is 0 Å². The van der Waals surface area contributed by atoms with Crippen LogP contribution >= 0.6 is 0 Å². The number of aryl methyl sites for hydroxylation is 1. The van der Waals surface area contributed by atoms with Crippen molar-refractivity contribution in [2.24, 2.45) is 0 Å². The summed E-state index contributed by atoms with van der Waals surface area (Å²) in [6, 6.07) is 8.77. The summed E-state index contributed by atoms with van der Waals surface area (Å²) in [5.74, 6) is 0.106. The number of nitrogens with zero attached hydrogens (tertiary/aromatic N) is 2. The first-order chi connectivity index (χ1) is 10.1. The molecule has 1 aliphatic rings. The minimum Gasteiger partial charge on any atom is -0.351 e. The van der Waals surface area contributed by atoms with Crippen LogP contribution in [0.2, 0.25) is 0 Å². The quantitative estimate of drug-likeness (QED) is 0.865. The molecule has 4 heteroatoms. The molecule has 0 saturated carbocycles. The Morgan fingerprint density at radius 3 is 2.95 bits per heavy atom. The van der Waals surface area contributed by atoms with Crippen molar-refractivity contribution >= 4 is 5.91 Å². The van der Waals surface area contributed by atoms with Crippen molar-refractivity contribution < 1.29 is 4.79 Å². The first kappa shape index (κ1) is 16.0. The third-order valence-electron chi connectivity index (χ3n) is 4.28. The highest BCUT2D eigenvalue weighted by atomic mass is 16.2. The maximum Gasteiger partial charge on any atom is 0.234 e. The minimum atomic E-state index is 0.106. The van der Waals surface area contributed by atoms with E-state index in [1.807, 2.05) is 12.1 Å². The van der Waals surface area contributed by atoms with E-state index in [0.717, 1.165) is 31.6 Å². The number of hydrogen-bond donors (Lipinski definition) is 1. The second kappa shape index (κ2) is 7.57. The number of carbonyl (C=O) groups excluding carboxylic acids is 1. The summed E-state index contributed by atoms with van der Waals surface area (Å²) in [5.41, 5.74) is 2.38. The third kappa shape index (κ3) is 4.83. The van der Waals surface area contributed by atoms with E-state index in [0.29, 0.717) is 19.1 Å². The monoisotopic (exact) mass is 289 g/mol. The lowest BCUT2D eigenvalue weighted by molar-refractivity contribution is -0.122. The van der Waals surface area contributed by atoms with Gasteiger partial charge in [-0.3, -0.25) is 9.69 Å². The zero-order chi connectivity index (χ0) is 15.2. The molecule has 116 valence electrons. The Morgan fingerprint density at radius 1 is 1.48 bits per heavy atom. The fourth-order valence-electron chi connectivity index (χ4n) is 2.89. The molecular formula is C17H27N3O. The summed E-state index contributed by atoms with van der Waals surface area (Å²) in [6.45, 7) is 8.68. The van der Waals surface area contributed by atoms with Gasteiger partial charge in [0.05, 0.1) is 6.54 Å². The minimum absolute atomic E-state index is 0.106. The zero-order valence-electron chi connectivity index (χ0n) is 13.4. The van der Waals surface area contributed by atoms with E-state index < -0.39 is 0 Å². The normalized spacial score (nSPS) is 19.1. The molecule has 1 aliphatic heterocycles. The van der Waals surface area contributed by atoms with Crippen LogP contribution in [-0.4, -0.2) is 55.0 Å². The fraction of sp³-hybridized carbons (Fsp3) is 0.588. The first-order valence-electron chi connectivity index (χ1n) is 7.83. The molecule has 21 heavy (non-hydrogen) atoms. The number of likely N-dealkylation sites (N-methyl/N-ethyl adjacent to an activating group) is 2. The lowest BCUT2D eigenvalue weighted by atomic mass is 10.1. The van der Waals surface area contributed by atoms with Gasteiger partial charge < -0.3 is 10.2 Å². The third-order valence-corrected chi connectivity index (χ3v) is 4.28. The molecule has 4 nitrogen and oxygen atoms in total. The van der Waals surface area contributed by atoms with Crippen LogP contribution in [0.25, 0.3) is 0 Å². The molecule has 1 atom stereocenters. The summed E-state index contributed by atoms with van der Waals surface area (Å²) >= 11 is 0. The predicted molar refractivity (Wildman–Crippen MR) is 86.2 cm³/mol. The molecule has 0 spiro atoms. The second-order valence-corrected chi connectivity index (χ2v) is 6.02. The topological polar surface area (TPSA) is 35.6 Å². The standard InChI is InChI=1S/C17H27N3O/c1-4-20-9-8-16(12-20)19(3)13-17(21)18-11-15-7-5-6-14(2)10-15/h5-7,10,16H,4,8-9,11-13H2,1-3H3,(H,18,21). The number of likely N-dealkylation sites (tertiary alicyclic amines) is 1. The van der Waals surface area contributed by atoms with Crippen LogP contribution in [0.4, 0.5) is 0 Å². The number of nitrogens with one attached hydrogen (secondary N) is 1. The van der Waals surface area contributed by atoms with E-state index in [2.05, 4.69) is 48.1 Å². The van der Waals surface area contributed by atoms with Gasteiger partial charge in [-0.15, -0.1) is 0 Å². The molecule has 2 rings (SSSR count). The Bertz CT molecular complexity index is 475. The summed E-state index contributed by atoms with van der Waals surface area (Å²) in [6.07, 6.45) is 1.16. The second-order valence-electron chi connectivity index (χ2n) is 6.02. The number of carbonyl (C=O) groups is 1. The average molecular weight is 289 g/mol. The lowest BCUT2D eigenvalue weighted by Gasteiger charge is -2.23. The molecule has 0 radical (unpaired) electrons. The summed E-state index contributed by atoms with van der Waals surface area (Å²) in [4.78, 5) is 16.7. The molecule has 0 aliphatic carbocycles. The van der Waals surface area contributed by atoms with Gasteiger partial charge in [0, 0.05) is 19.1 Å². The van der Waals surface area contributed by atoms with Crippen LogP contribution in [0.3, 0.4) is 0 Å². The van der Waals surface area contributed by atoms with Crippen LogP contribution in [0.1, 0.15) is 24.5 Å². The van der Waals surface area contributed by atoms with Gasteiger partial charge in [-0.2, -0.15) is 0 Å². The maximum absolute atomic E-state index is 12.1. The highest BCUT2D eigenvalue weighted by Gasteiger charge is 2.25. The van der Waals surface area contributed by atoms with E-state index in [-0.39, 0.29) is 5.91 Å². The Hall–Kier alpha value is -1.39. The lowest BCUT2D eigenvalue weighted by Crippen LogP contribution is -2.41. The van der Waals surface area contributed by atoms with Crippen LogP contribution in [0.15, 0.2) is 24.3 Å². The van der Waals surface area contributed by atoms with Crippen molar-refractivity contribution in [1.82, 2.24) is 15.1 Å². The van der Waals surface area contributed by atoms with Crippen molar-refractivity contribution in [3.8, 4) is 0 Å². The summed E-state index contributed by atoms with van der Waals surface area (Å²) < 4.78 is 0. The van der Waals surface area contributed by atoms with Crippen LogP contribution in [0, 0.1) is 6.92 Å². The van der Waals surface area contributed by atoms with Crippen LogP contribution in [-0.2, 0) is 11.3 Å². The number of benzene rings is 1. The number of rotatable bonds is 6. The predicted octanol–water partition coefficient (Wildman–Crippen LogP) is 1.64. The molecule has 1 aromatic rings. The van der Waals surface area contributed by atoms with E-state index >= 15 is 0 Å². The smallest absolute Gasteiger partial charge is 0.234 e. The molecule has 0 bridgehead atoms. The summed E-state index contributed by atoms with van der Waals surface area (Å²) in [7, 11) is 2.05. The van der Waals surface area contributed by atoms with Gasteiger partial charge in [-0.1, -0.05) is 36.8 Å². The molecule has 1 fully saturated rings. The van der Waals surface area contributed by atoms with Crippen LogP contribution < -0.4 is 5.32 Å². The van der Waals surface area contributed by atoms with E-state index in [9.17, 15) is 4.79 Å². The van der Waals surface area contributed by atoms with E-state index in [4.69, 9.17) is 0 Å². The molecular weight excluding hydrogens is 262 g/mol. The molecule has 1 aromatic carbocycles.